The molecular weight excluding hydrogens is 352 g/mol. The van der Waals surface area contributed by atoms with Crippen LogP contribution in [-0.4, -0.2) is 52.9 Å². The van der Waals surface area contributed by atoms with Crippen molar-refractivity contribution in [3.63, 3.8) is 0 Å². The van der Waals surface area contributed by atoms with E-state index < -0.39 is 0 Å². The lowest BCUT2D eigenvalue weighted by Crippen LogP contribution is -2.45. The summed E-state index contributed by atoms with van der Waals surface area (Å²) in [7, 11) is 0. The van der Waals surface area contributed by atoms with Crippen LogP contribution in [0, 0.1) is 5.92 Å². The molecule has 1 aromatic rings. The van der Waals surface area contributed by atoms with Crippen molar-refractivity contribution in [2.24, 2.45) is 5.92 Å². The second-order valence-electron chi connectivity index (χ2n) is 8.74. The van der Waals surface area contributed by atoms with Gasteiger partial charge in [-0.1, -0.05) is 6.07 Å². The van der Waals surface area contributed by atoms with E-state index in [0.29, 0.717) is 37.5 Å². The summed E-state index contributed by atoms with van der Waals surface area (Å²) < 4.78 is 0. The number of likely N-dealkylation sites (tertiary alicyclic amines) is 1. The lowest BCUT2D eigenvalue weighted by Gasteiger charge is -2.30. The SMILES string of the molecule is O=C(CCc1cccnc1)NC[C@@H]1CC[C@H](CC(=O)NC2CC2)N1CC1CC1. The highest BCUT2D eigenvalue weighted by molar-refractivity contribution is 5.77. The first-order chi connectivity index (χ1) is 13.7. The van der Waals surface area contributed by atoms with Crippen molar-refractivity contribution in [2.75, 3.05) is 13.1 Å². The average molecular weight is 385 g/mol. The van der Waals surface area contributed by atoms with Crippen molar-refractivity contribution in [1.29, 1.82) is 0 Å². The third kappa shape index (κ3) is 5.77. The van der Waals surface area contributed by atoms with Crippen LogP contribution in [0.5, 0.6) is 0 Å². The Kier molecular flexibility index (Phi) is 6.25. The minimum Gasteiger partial charge on any atom is -0.355 e. The maximum atomic E-state index is 12.3. The summed E-state index contributed by atoms with van der Waals surface area (Å²) in [6.45, 7) is 1.77. The quantitative estimate of drug-likeness (QED) is 0.647. The normalized spacial score (nSPS) is 24.9. The molecule has 6 heteroatoms. The van der Waals surface area contributed by atoms with Gasteiger partial charge >= 0.3 is 0 Å². The molecular formula is C22H32N4O2. The lowest BCUT2D eigenvalue weighted by molar-refractivity contribution is -0.123. The molecule has 1 aromatic heterocycles. The highest BCUT2D eigenvalue weighted by Crippen LogP contribution is 2.35. The molecule has 0 aromatic carbocycles. The molecule has 28 heavy (non-hydrogen) atoms. The third-order valence-corrected chi connectivity index (χ3v) is 6.20. The van der Waals surface area contributed by atoms with Crippen molar-refractivity contribution in [2.45, 2.75) is 75.9 Å². The number of hydrogen-bond acceptors (Lipinski definition) is 4. The molecule has 1 saturated heterocycles. The van der Waals surface area contributed by atoms with Crippen LogP contribution in [-0.2, 0) is 16.0 Å². The molecule has 2 amide bonds. The number of nitrogens with zero attached hydrogens (tertiary/aromatic N) is 2. The number of aromatic nitrogens is 1. The Bertz CT molecular complexity index is 672. The van der Waals surface area contributed by atoms with Crippen LogP contribution in [0.4, 0.5) is 0 Å². The molecule has 0 bridgehead atoms. The maximum Gasteiger partial charge on any atom is 0.221 e. The summed E-state index contributed by atoms with van der Waals surface area (Å²) >= 11 is 0. The van der Waals surface area contributed by atoms with Crippen LogP contribution in [0.1, 0.15) is 56.9 Å². The maximum absolute atomic E-state index is 12.3. The summed E-state index contributed by atoms with van der Waals surface area (Å²) in [4.78, 5) is 31.2. The third-order valence-electron chi connectivity index (χ3n) is 6.20. The van der Waals surface area contributed by atoms with Crippen LogP contribution >= 0.6 is 0 Å². The van der Waals surface area contributed by atoms with Gasteiger partial charge in [-0.3, -0.25) is 19.5 Å². The van der Waals surface area contributed by atoms with Crippen LogP contribution in [0.15, 0.2) is 24.5 Å². The van der Waals surface area contributed by atoms with E-state index in [1.54, 1.807) is 6.20 Å². The predicted octanol–water partition coefficient (Wildman–Crippen LogP) is 2.04. The number of rotatable bonds is 10. The number of hydrogen-bond donors (Lipinski definition) is 2. The van der Waals surface area contributed by atoms with E-state index in [0.717, 1.165) is 50.1 Å². The van der Waals surface area contributed by atoms with Gasteiger partial charge in [-0.05, 0) is 62.5 Å². The molecule has 2 saturated carbocycles. The van der Waals surface area contributed by atoms with E-state index in [2.05, 4.69) is 20.5 Å². The molecule has 6 nitrogen and oxygen atoms in total. The van der Waals surface area contributed by atoms with Gasteiger partial charge in [0, 0.05) is 56.5 Å². The molecule has 152 valence electrons. The van der Waals surface area contributed by atoms with Crippen molar-refractivity contribution in [1.82, 2.24) is 20.5 Å². The second kappa shape index (κ2) is 9.03. The Morgan fingerprint density at radius 3 is 2.61 bits per heavy atom. The molecule has 3 fully saturated rings. The van der Waals surface area contributed by atoms with Gasteiger partial charge in [-0.15, -0.1) is 0 Å². The van der Waals surface area contributed by atoms with Crippen molar-refractivity contribution < 1.29 is 9.59 Å². The Morgan fingerprint density at radius 1 is 1.07 bits per heavy atom. The molecule has 2 atom stereocenters. The van der Waals surface area contributed by atoms with Crippen molar-refractivity contribution >= 4 is 11.8 Å². The van der Waals surface area contributed by atoms with Crippen LogP contribution in [0.2, 0.25) is 0 Å². The fourth-order valence-corrected chi connectivity index (χ4v) is 4.20. The van der Waals surface area contributed by atoms with Crippen molar-refractivity contribution in [3.05, 3.63) is 30.1 Å². The number of amides is 2. The number of carbonyl (C=O) groups excluding carboxylic acids is 2. The fraction of sp³-hybridized carbons (Fsp3) is 0.682. The first kappa shape index (κ1) is 19.4. The van der Waals surface area contributed by atoms with Crippen LogP contribution in [0.25, 0.3) is 0 Å². The molecule has 3 aliphatic rings. The summed E-state index contributed by atoms with van der Waals surface area (Å²) in [5.41, 5.74) is 1.09. The van der Waals surface area contributed by atoms with E-state index in [1.807, 2.05) is 18.3 Å². The highest BCUT2D eigenvalue weighted by Gasteiger charge is 2.38. The Morgan fingerprint density at radius 2 is 1.89 bits per heavy atom. The van der Waals surface area contributed by atoms with E-state index in [4.69, 9.17) is 0 Å². The standard InChI is InChI=1S/C22H32N4O2/c27-21(10-5-16-2-1-11-23-13-16)24-14-20-9-8-19(26(20)15-17-3-4-17)12-22(28)25-18-6-7-18/h1-2,11,13,17-20H,3-10,12,14-15H2,(H,24,27)(H,25,28)/t19-,20+/m1/s1. The smallest absolute Gasteiger partial charge is 0.221 e. The minimum atomic E-state index is 0.102. The van der Waals surface area contributed by atoms with Gasteiger partial charge in [0.05, 0.1) is 0 Å². The zero-order chi connectivity index (χ0) is 19.3. The summed E-state index contributed by atoms with van der Waals surface area (Å²) in [6.07, 6.45) is 12.4. The Labute approximate surface area is 167 Å². The molecule has 2 N–H and O–H groups in total. The Hall–Kier alpha value is -1.95. The van der Waals surface area contributed by atoms with E-state index in [9.17, 15) is 9.59 Å². The monoisotopic (exact) mass is 384 g/mol. The average Bonchev–Trinajstić information content (AvgIpc) is 3.62. The van der Waals surface area contributed by atoms with Gasteiger partial charge in [0.25, 0.3) is 0 Å². The van der Waals surface area contributed by atoms with Gasteiger partial charge in [0.1, 0.15) is 0 Å². The molecule has 2 aliphatic carbocycles. The molecule has 0 unspecified atom stereocenters. The predicted molar refractivity (Wildman–Crippen MR) is 108 cm³/mol. The second-order valence-corrected chi connectivity index (χ2v) is 8.74. The van der Waals surface area contributed by atoms with E-state index >= 15 is 0 Å². The van der Waals surface area contributed by atoms with E-state index in [-0.39, 0.29) is 11.8 Å². The summed E-state index contributed by atoms with van der Waals surface area (Å²) in [6, 6.07) is 5.03. The molecule has 0 spiro atoms. The number of aryl methyl sites for hydroxylation is 1. The lowest BCUT2D eigenvalue weighted by atomic mass is 10.1. The van der Waals surface area contributed by atoms with Crippen LogP contribution < -0.4 is 10.6 Å². The topological polar surface area (TPSA) is 74.3 Å². The zero-order valence-corrected chi connectivity index (χ0v) is 16.6. The van der Waals surface area contributed by atoms with Crippen LogP contribution in [0.3, 0.4) is 0 Å². The minimum absolute atomic E-state index is 0.102. The molecule has 2 heterocycles. The Balaban J connectivity index is 1.23. The first-order valence-corrected chi connectivity index (χ1v) is 10.9. The highest BCUT2D eigenvalue weighted by atomic mass is 16.2. The zero-order valence-electron chi connectivity index (χ0n) is 16.6. The number of pyridine rings is 1. The van der Waals surface area contributed by atoms with Gasteiger partial charge < -0.3 is 10.6 Å². The molecule has 1 aliphatic heterocycles. The fourth-order valence-electron chi connectivity index (χ4n) is 4.20. The number of carbonyl (C=O) groups is 2. The largest absolute Gasteiger partial charge is 0.355 e. The molecule has 0 radical (unpaired) electrons. The molecule has 4 rings (SSSR count). The summed E-state index contributed by atoms with van der Waals surface area (Å²) in [5.74, 6) is 1.09. The van der Waals surface area contributed by atoms with Gasteiger partial charge in [0.2, 0.25) is 11.8 Å². The van der Waals surface area contributed by atoms with E-state index in [1.165, 1.54) is 12.8 Å². The van der Waals surface area contributed by atoms with Gasteiger partial charge in [-0.25, -0.2) is 0 Å². The van der Waals surface area contributed by atoms with Gasteiger partial charge in [-0.2, -0.15) is 0 Å². The number of nitrogens with one attached hydrogen (secondary N) is 2. The summed E-state index contributed by atoms with van der Waals surface area (Å²) in [5, 5.41) is 6.26. The van der Waals surface area contributed by atoms with Crippen molar-refractivity contribution in [3.8, 4) is 0 Å². The first-order valence-electron chi connectivity index (χ1n) is 10.9. The van der Waals surface area contributed by atoms with Gasteiger partial charge in [0.15, 0.2) is 0 Å².